The van der Waals surface area contributed by atoms with Crippen LogP contribution >= 0.6 is 0 Å². The molecule has 0 aliphatic carbocycles. The first-order valence-electron chi connectivity index (χ1n) is 7.89. The molecule has 0 spiro atoms. The normalized spacial score (nSPS) is 16.8. The van der Waals surface area contributed by atoms with Gasteiger partial charge in [-0.3, -0.25) is 9.88 Å². The minimum absolute atomic E-state index is 0.289. The zero-order valence-electron chi connectivity index (χ0n) is 13.8. The number of benzene rings is 1. The molecule has 4 rings (SSSR count). The van der Waals surface area contributed by atoms with Crippen molar-refractivity contribution >= 4 is 11.8 Å². The molecule has 0 saturated carbocycles. The predicted molar refractivity (Wildman–Crippen MR) is 90.6 cm³/mol. The highest BCUT2D eigenvalue weighted by atomic mass is 19.1. The number of carbonyl (C=O) groups is 1. The van der Waals surface area contributed by atoms with E-state index in [1.807, 2.05) is 0 Å². The van der Waals surface area contributed by atoms with Gasteiger partial charge in [-0.15, -0.1) is 10.2 Å². The quantitative estimate of drug-likeness (QED) is 0.718. The lowest BCUT2D eigenvalue weighted by atomic mass is 10.1. The summed E-state index contributed by atoms with van der Waals surface area (Å²) in [5, 5.41) is 7.65. The largest absolute Gasteiger partial charge is 0.444 e. The summed E-state index contributed by atoms with van der Waals surface area (Å²) >= 11 is 0. The number of cyclic esters (lactones) is 1. The van der Waals surface area contributed by atoms with Gasteiger partial charge in [-0.25, -0.2) is 9.18 Å². The monoisotopic (exact) mass is 353 g/mol. The third-order valence-electron chi connectivity index (χ3n) is 3.96. The van der Waals surface area contributed by atoms with Crippen LogP contribution in [0, 0.1) is 19.7 Å². The molecule has 1 atom stereocenters. The molecular formula is C18H14FN4O3. The number of aryl methyl sites for hydroxylation is 1. The van der Waals surface area contributed by atoms with Gasteiger partial charge in [0, 0.05) is 24.2 Å². The highest BCUT2D eigenvalue weighted by molar-refractivity contribution is 5.90. The van der Waals surface area contributed by atoms with Crippen molar-refractivity contribution < 1.29 is 18.3 Å². The van der Waals surface area contributed by atoms with E-state index in [2.05, 4.69) is 22.1 Å². The molecule has 1 aliphatic rings. The smallest absolute Gasteiger partial charge is 0.414 e. The maximum absolute atomic E-state index is 14.6. The average molecular weight is 353 g/mol. The molecule has 0 bridgehead atoms. The fraction of sp³-hybridized carbons (Fsp3) is 0.167. The molecule has 26 heavy (non-hydrogen) atoms. The van der Waals surface area contributed by atoms with Crippen LogP contribution in [0.25, 0.3) is 22.7 Å². The van der Waals surface area contributed by atoms with E-state index in [1.54, 1.807) is 31.2 Å². The van der Waals surface area contributed by atoms with E-state index in [4.69, 9.17) is 9.15 Å². The molecule has 3 heterocycles. The van der Waals surface area contributed by atoms with Gasteiger partial charge in [-0.2, -0.15) is 0 Å². The van der Waals surface area contributed by atoms with Crippen LogP contribution in [-0.2, 0) is 4.74 Å². The van der Waals surface area contributed by atoms with Gasteiger partial charge in [-0.1, -0.05) is 6.07 Å². The molecule has 1 amide bonds. The molecule has 131 valence electrons. The number of ether oxygens (including phenoxy) is 1. The van der Waals surface area contributed by atoms with Crippen LogP contribution in [-0.4, -0.2) is 33.9 Å². The molecule has 3 aromatic rings. The van der Waals surface area contributed by atoms with Gasteiger partial charge in [0.05, 0.1) is 12.2 Å². The molecule has 1 radical (unpaired) electrons. The fourth-order valence-electron chi connectivity index (χ4n) is 2.72. The second kappa shape index (κ2) is 6.21. The van der Waals surface area contributed by atoms with E-state index < -0.39 is 18.0 Å². The number of amides is 1. The number of nitrogens with zero attached hydrogens (tertiary/aromatic N) is 4. The van der Waals surface area contributed by atoms with Crippen molar-refractivity contribution in [3.63, 3.8) is 0 Å². The number of anilines is 1. The van der Waals surface area contributed by atoms with Crippen LogP contribution in [0.1, 0.15) is 5.89 Å². The lowest BCUT2D eigenvalue weighted by molar-refractivity contribution is 0.159. The number of hydrogen-bond donors (Lipinski definition) is 0. The summed E-state index contributed by atoms with van der Waals surface area (Å²) in [5.74, 6) is 0.281. The lowest BCUT2D eigenvalue weighted by Crippen LogP contribution is -2.24. The van der Waals surface area contributed by atoms with Gasteiger partial charge in [0.2, 0.25) is 5.89 Å². The van der Waals surface area contributed by atoms with Crippen LogP contribution < -0.4 is 4.90 Å². The van der Waals surface area contributed by atoms with Gasteiger partial charge in [-0.05, 0) is 31.2 Å². The molecule has 1 aliphatic heterocycles. The standard InChI is InChI=1S/C18H14FN4O3/c1-10-9-23(18(24)25-10)13-4-5-14(15(19)7-13)12-3-6-16(20-8-12)17-22-21-11(2)26-17/h3-8,10H,1,9H2,2H3/t10-/m1/s1. The first kappa shape index (κ1) is 16.2. The molecular weight excluding hydrogens is 339 g/mol. The molecule has 8 heteroatoms. The highest BCUT2D eigenvalue weighted by Gasteiger charge is 2.29. The number of halogens is 1. The Bertz CT molecular complexity index is 971. The Morgan fingerprint density at radius 1 is 1.27 bits per heavy atom. The summed E-state index contributed by atoms with van der Waals surface area (Å²) in [5.41, 5.74) is 1.89. The van der Waals surface area contributed by atoms with Gasteiger partial charge >= 0.3 is 6.09 Å². The zero-order chi connectivity index (χ0) is 18.3. The maximum Gasteiger partial charge on any atom is 0.414 e. The lowest BCUT2D eigenvalue weighted by Gasteiger charge is -2.14. The van der Waals surface area contributed by atoms with Crippen molar-refractivity contribution in [2.45, 2.75) is 13.0 Å². The Morgan fingerprint density at radius 2 is 2.12 bits per heavy atom. The Kier molecular flexibility index (Phi) is 3.87. The van der Waals surface area contributed by atoms with Crippen LogP contribution in [0.3, 0.4) is 0 Å². The molecule has 1 aromatic carbocycles. The maximum atomic E-state index is 14.6. The molecule has 1 fully saturated rings. The Balaban J connectivity index is 1.61. The van der Waals surface area contributed by atoms with Crippen LogP contribution in [0.2, 0.25) is 0 Å². The summed E-state index contributed by atoms with van der Waals surface area (Å²) in [4.78, 5) is 17.3. The molecule has 2 aromatic heterocycles. The number of carbonyl (C=O) groups excluding carboxylic acids is 1. The third-order valence-corrected chi connectivity index (χ3v) is 3.96. The van der Waals surface area contributed by atoms with Crippen LogP contribution in [0.4, 0.5) is 14.9 Å². The molecule has 0 unspecified atom stereocenters. The van der Waals surface area contributed by atoms with E-state index in [0.29, 0.717) is 34.3 Å². The Hall–Kier alpha value is -3.29. The second-order valence-corrected chi connectivity index (χ2v) is 5.84. The van der Waals surface area contributed by atoms with Crippen molar-refractivity contribution in [2.24, 2.45) is 0 Å². The second-order valence-electron chi connectivity index (χ2n) is 5.84. The van der Waals surface area contributed by atoms with Crippen molar-refractivity contribution in [2.75, 3.05) is 11.4 Å². The van der Waals surface area contributed by atoms with E-state index in [0.717, 1.165) is 0 Å². The molecule has 7 nitrogen and oxygen atoms in total. The fourth-order valence-corrected chi connectivity index (χ4v) is 2.72. The van der Waals surface area contributed by atoms with E-state index in [1.165, 1.54) is 17.2 Å². The van der Waals surface area contributed by atoms with Crippen LogP contribution in [0.15, 0.2) is 40.9 Å². The van der Waals surface area contributed by atoms with Crippen molar-refractivity contribution in [3.05, 3.63) is 55.2 Å². The summed E-state index contributed by atoms with van der Waals surface area (Å²) in [6.07, 6.45) is 0.539. The molecule has 1 saturated heterocycles. The third kappa shape index (κ3) is 2.90. The minimum atomic E-state index is -0.530. The summed E-state index contributed by atoms with van der Waals surface area (Å²) < 4.78 is 24.9. The van der Waals surface area contributed by atoms with Gasteiger partial charge in [0.1, 0.15) is 17.6 Å². The SMILES string of the molecule is [CH2][C@@H]1CN(c2ccc(-c3ccc(-c4nnc(C)o4)nc3)c(F)c2)C(=O)O1. The predicted octanol–water partition coefficient (Wildman–Crippen LogP) is 3.41. The Labute approximate surface area is 148 Å². The number of pyridine rings is 1. The van der Waals surface area contributed by atoms with Gasteiger partial charge in [0.15, 0.2) is 0 Å². The number of hydrogen-bond acceptors (Lipinski definition) is 6. The van der Waals surface area contributed by atoms with E-state index >= 15 is 0 Å². The summed E-state index contributed by atoms with van der Waals surface area (Å²) in [6, 6.07) is 7.95. The van der Waals surface area contributed by atoms with Gasteiger partial charge < -0.3 is 9.15 Å². The first-order chi connectivity index (χ1) is 12.5. The van der Waals surface area contributed by atoms with E-state index in [-0.39, 0.29) is 6.54 Å². The Morgan fingerprint density at radius 3 is 2.69 bits per heavy atom. The highest BCUT2D eigenvalue weighted by Crippen LogP contribution is 2.29. The van der Waals surface area contributed by atoms with Crippen LogP contribution in [0.5, 0.6) is 0 Å². The minimum Gasteiger partial charge on any atom is -0.444 e. The topological polar surface area (TPSA) is 81.4 Å². The van der Waals surface area contributed by atoms with E-state index in [9.17, 15) is 9.18 Å². The van der Waals surface area contributed by atoms with Crippen molar-refractivity contribution in [1.82, 2.24) is 15.2 Å². The number of aromatic nitrogens is 3. The molecule has 0 N–H and O–H groups in total. The summed E-state index contributed by atoms with van der Waals surface area (Å²) in [7, 11) is 0. The van der Waals surface area contributed by atoms with Gasteiger partial charge in [0.25, 0.3) is 5.89 Å². The van der Waals surface area contributed by atoms with Crippen molar-refractivity contribution in [3.8, 4) is 22.7 Å². The number of rotatable bonds is 3. The zero-order valence-corrected chi connectivity index (χ0v) is 13.8. The average Bonchev–Trinajstić information content (AvgIpc) is 3.20. The van der Waals surface area contributed by atoms with Crippen molar-refractivity contribution in [1.29, 1.82) is 0 Å². The first-order valence-corrected chi connectivity index (χ1v) is 7.89. The summed E-state index contributed by atoms with van der Waals surface area (Å²) in [6.45, 7) is 5.66.